The Labute approximate surface area is 113 Å². The van der Waals surface area contributed by atoms with Crippen LogP contribution in [0.2, 0.25) is 5.02 Å². The van der Waals surface area contributed by atoms with Gasteiger partial charge in [-0.25, -0.2) is 0 Å². The molecule has 1 aromatic rings. The van der Waals surface area contributed by atoms with E-state index in [1.165, 1.54) is 0 Å². The Bertz CT molecular complexity index is 451. The van der Waals surface area contributed by atoms with Crippen LogP contribution < -0.4 is 5.32 Å². The highest BCUT2D eigenvalue weighted by atomic mass is 35.5. The molecule has 0 radical (unpaired) electrons. The standard InChI is InChI=1S/C14H19ClN2O/c1-9-4-5-12(15)6-13(9)14(18)17-10(2)7-16-8-11(17)3/h4-6,10-11,16H,7-8H2,1-3H3. The molecule has 4 heteroatoms. The fourth-order valence-electron chi connectivity index (χ4n) is 2.50. The first-order chi connectivity index (χ1) is 8.50. The van der Waals surface area contributed by atoms with Crippen molar-refractivity contribution in [2.75, 3.05) is 13.1 Å². The maximum atomic E-state index is 12.6. The van der Waals surface area contributed by atoms with Gasteiger partial charge in [-0.2, -0.15) is 0 Å². The molecule has 0 aliphatic carbocycles. The monoisotopic (exact) mass is 266 g/mol. The molecule has 1 N–H and O–H groups in total. The molecule has 0 bridgehead atoms. The molecule has 1 saturated heterocycles. The Morgan fingerprint density at radius 2 is 1.94 bits per heavy atom. The maximum absolute atomic E-state index is 12.6. The van der Waals surface area contributed by atoms with E-state index in [0.29, 0.717) is 10.6 Å². The Hall–Kier alpha value is -1.06. The smallest absolute Gasteiger partial charge is 0.254 e. The fraction of sp³-hybridized carbons (Fsp3) is 0.500. The molecule has 1 aromatic carbocycles. The number of rotatable bonds is 1. The van der Waals surface area contributed by atoms with Gasteiger partial charge in [0.05, 0.1) is 0 Å². The molecule has 1 aliphatic rings. The number of nitrogens with one attached hydrogen (secondary N) is 1. The third-order valence-electron chi connectivity index (χ3n) is 3.49. The number of carbonyl (C=O) groups is 1. The van der Waals surface area contributed by atoms with Gasteiger partial charge in [0, 0.05) is 35.8 Å². The van der Waals surface area contributed by atoms with Gasteiger partial charge in [-0.05, 0) is 38.5 Å². The van der Waals surface area contributed by atoms with Crippen LogP contribution in [0.5, 0.6) is 0 Å². The summed E-state index contributed by atoms with van der Waals surface area (Å²) in [7, 11) is 0. The number of aryl methyl sites for hydroxylation is 1. The van der Waals surface area contributed by atoms with Gasteiger partial charge in [0.25, 0.3) is 5.91 Å². The van der Waals surface area contributed by atoms with Crippen molar-refractivity contribution in [3.63, 3.8) is 0 Å². The zero-order chi connectivity index (χ0) is 13.3. The second kappa shape index (κ2) is 5.29. The molecule has 0 aromatic heterocycles. The topological polar surface area (TPSA) is 32.3 Å². The Morgan fingerprint density at radius 3 is 2.56 bits per heavy atom. The summed E-state index contributed by atoms with van der Waals surface area (Å²) >= 11 is 5.99. The van der Waals surface area contributed by atoms with E-state index < -0.39 is 0 Å². The summed E-state index contributed by atoms with van der Waals surface area (Å²) in [5.41, 5.74) is 1.69. The minimum Gasteiger partial charge on any atom is -0.331 e. The fourth-order valence-corrected chi connectivity index (χ4v) is 2.67. The summed E-state index contributed by atoms with van der Waals surface area (Å²) in [4.78, 5) is 14.6. The van der Waals surface area contributed by atoms with Gasteiger partial charge in [0.1, 0.15) is 0 Å². The first-order valence-electron chi connectivity index (χ1n) is 6.30. The first-order valence-corrected chi connectivity index (χ1v) is 6.68. The number of carbonyl (C=O) groups excluding carboxylic acids is 1. The van der Waals surface area contributed by atoms with Crippen molar-refractivity contribution in [1.82, 2.24) is 10.2 Å². The number of amides is 1. The molecule has 98 valence electrons. The molecule has 18 heavy (non-hydrogen) atoms. The largest absolute Gasteiger partial charge is 0.331 e. The van der Waals surface area contributed by atoms with Crippen LogP contribution in [0.3, 0.4) is 0 Å². The van der Waals surface area contributed by atoms with E-state index in [2.05, 4.69) is 19.2 Å². The summed E-state index contributed by atoms with van der Waals surface area (Å²) in [6.45, 7) is 7.77. The van der Waals surface area contributed by atoms with E-state index in [4.69, 9.17) is 11.6 Å². The van der Waals surface area contributed by atoms with Gasteiger partial charge in [-0.15, -0.1) is 0 Å². The number of halogens is 1. The predicted octanol–water partition coefficient (Wildman–Crippen LogP) is 2.47. The van der Waals surface area contributed by atoms with Gasteiger partial charge in [0.2, 0.25) is 0 Å². The van der Waals surface area contributed by atoms with Crippen LogP contribution in [0.15, 0.2) is 18.2 Å². The van der Waals surface area contributed by atoms with E-state index in [1.807, 2.05) is 24.0 Å². The van der Waals surface area contributed by atoms with Crippen LogP contribution in [-0.4, -0.2) is 36.0 Å². The summed E-state index contributed by atoms with van der Waals surface area (Å²) in [6.07, 6.45) is 0. The van der Waals surface area contributed by atoms with Gasteiger partial charge < -0.3 is 10.2 Å². The SMILES string of the molecule is Cc1ccc(Cl)cc1C(=O)N1C(C)CNCC1C. The van der Waals surface area contributed by atoms with Crippen molar-refractivity contribution in [2.45, 2.75) is 32.9 Å². The molecule has 0 spiro atoms. The lowest BCUT2D eigenvalue weighted by Crippen LogP contribution is -2.57. The average Bonchev–Trinajstić information content (AvgIpc) is 2.32. The predicted molar refractivity (Wildman–Crippen MR) is 74.2 cm³/mol. The van der Waals surface area contributed by atoms with Gasteiger partial charge in [-0.1, -0.05) is 17.7 Å². The van der Waals surface area contributed by atoms with Crippen molar-refractivity contribution >= 4 is 17.5 Å². The number of piperazine rings is 1. The van der Waals surface area contributed by atoms with Crippen LogP contribution >= 0.6 is 11.6 Å². The molecule has 3 nitrogen and oxygen atoms in total. The van der Waals surface area contributed by atoms with Gasteiger partial charge in [-0.3, -0.25) is 4.79 Å². The third-order valence-corrected chi connectivity index (χ3v) is 3.73. The summed E-state index contributed by atoms with van der Waals surface area (Å²) < 4.78 is 0. The molecular formula is C14H19ClN2O. The van der Waals surface area contributed by atoms with E-state index in [9.17, 15) is 4.79 Å². The number of benzene rings is 1. The quantitative estimate of drug-likeness (QED) is 0.847. The highest BCUT2D eigenvalue weighted by Crippen LogP contribution is 2.20. The van der Waals surface area contributed by atoms with E-state index in [0.717, 1.165) is 18.7 Å². The second-order valence-electron chi connectivity index (χ2n) is 5.03. The van der Waals surface area contributed by atoms with Crippen LogP contribution in [-0.2, 0) is 0 Å². The molecule has 1 heterocycles. The van der Waals surface area contributed by atoms with Crippen LogP contribution in [0.4, 0.5) is 0 Å². The van der Waals surface area contributed by atoms with E-state index >= 15 is 0 Å². The highest BCUT2D eigenvalue weighted by molar-refractivity contribution is 6.31. The first kappa shape index (κ1) is 13.4. The minimum atomic E-state index is 0.0801. The van der Waals surface area contributed by atoms with Gasteiger partial charge in [0.15, 0.2) is 0 Å². The van der Waals surface area contributed by atoms with Crippen LogP contribution in [0, 0.1) is 6.92 Å². The highest BCUT2D eigenvalue weighted by Gasteiger charge is 2.30. The minimum absolute atomic E-state index is 0.0801. The molecule has 2 atom stereocenters. The van der Waals surface area contributed by atoms with E-state index in [-0.39, 0.29) is 18.0 Å². The van der Waals surface area contributed by atoms with Crippen molar-refractivity contribution in [1.29, 1.82) is 0 Å². The number of nitrogens with zero attached hydrogens (tertiary/aromatic N) is 1. The molecular weight excluding hydrogens is 248 g/mol. The van der Waals surface area contributed by atoms with Gasteiger partial charge >= 0.3 is 0 Å². The van der Waals surface area contributed by atoms with Crippen LogP contribution in [0.25, 0.3) is 0 Å². The lowest BCUT2D eigenvalue weighted by atomic mass is 10.0. The summed E-state index contributed by atoms with van der Waals surface area (Å²) in [6, 6.07) is 5.89. The molecule has 2 unspecified atom stereocenters. The normalized spacial score (nSPS) is 24.1. The van der Waals surface area contributed by atoms with Crippen molar-refractivity contribution in [3.05, 3.63) is 34.3 Å². The Kier molecular flexibility index (Phi) is 3.93. The molecule has 1 fully saturated rings. The molecule has 1 aliphatic heterocycles. The van der Waals surface area contributed by atoms with E-state index in [1.54, 1.807) is 6.07 Å². The van der Waals surface area contributed by atoms with Crippen molar-refractivity contribution in [2.24, 2.45) is 0 Å². The van der Waals surface area contributed by atoms with Crippen molar-refractivity contribution in [3.8, 4) is 0 Å². The third kappa shape index (κ3) is 2.52. The Balaban J connectivity index is 2.32. The summed E-state index contributed by atoms with van der Waals surface area (Å²) in [5.74, 6) is 0.0801. The zero-order valence-corrected chi connectivity index (χ0v) is 11.8. The molecule has 2 rings (SSSR count). The summed E-state index contributed by atoms with van der Waals surface area (Å²) in [5, 5.41) is 3.94. The van der Waals surface area contributed by atoms with Crippen molar-refractivity contribution < 1.29 is 4.79 Å². The average molecular weight is 267 g/mol. The maximum Gasteiger partial charge on any atom is 0.254 e. The van der Waals surface area contributed by atoms with Crippen LogP contribution in [0.1, 0.15) is 29.8 Å². The Morgan fingerprint density at radius 1 is 1.33 bits per heavy atom. The lowest BCUT2D eigenvalue weighted by molar-refractivity contribution is 0.0544. The second-order valence-corrected chi connectivity index (χ2v) is 5.46. The number of hydrogen-bond donors (Lipinski definition) is 1. The lowest BCUT2D eigenvalue weighted by Gasteiger charge is -2.39. The zero-order valence-electron chi connectivity index (χ0n) is 11.0. The molecule has 1 amide bonds. The number of hydrogen-bond acceptors (Lipinski definition) is 2. The molecule has 0 saturated carbocycles.